The molecule has 0 atom stereocenters. The van der Waals surface area contributed by atoms with Gasteiger partial charge in [0.2, 0.25) is 11.4 Å². The number of ether oxygens (including phenoxy) is 2. The van der Waals surface area contributed by atoms with Gasteiger partial charge in [0.05, 0.1) is 27.7 Å². The molecule has 1 aliphatic heterocycles. The van der Waals surface area contributed by atoms with E-state index in [4.69, 9.17) is 9.84 Å². The second-order valence-electron chi connectivity index (χ2n) is 7.13. The molecule has 15 heteroatoms. The Balaban J connectivity index is 0.000000168. The summed E-state index contributed by atoms with van der Waals surface area (Å²) in [6.45, 7) is 2.00. The molecule has 0 amide bonds. The monoisotopic (exact) mass is 500 g/mol. The first kappa shape index (κ1) is 25.7. The van der Waals surface area contributed by atoms with Crippen molar-refractivity contribution in [2.75, 3.05) is 20.3 Å². The molecule has 0 aromatic carbocycles. The summed E-state index contributed by atoms with van der Waals surface area (Å²) in [6.07, 6.45) is 5.46. The third-order valence-corrected chi connectivity index (χ3v) is 4.88. The molecule has 188 valence electrons. The van der Waals surface area contributed by atoms with Gasteiger partial charge in [-0.1, -0.05) is 0 Å². The molecule has 1 aliphatic rings. The first-order valence-electron chi connectivity index (χ1n) is 10.4. The number of aromatic nitrogens is 4. The SMILES string of the molecule is C1CCOC1.COC(=O)c1[nH]c2ncccc2c1[N+](=O)[O-].O=C(O)c1[nH]c2ncccc2c1[N+](=O)[O-]. The third kappa shape index (κ3) is 5.58. The first-order valence-corrected chi connectivity index (χ1v) is 10.4. The highest BCUT2D eigenvalue weighted by molar-refractivity contribution is 6.02. The molecule has 1 fully saturated rings. The van der Waals surface area contributed by atoms with E-state index in [1.165, 1.54) is 43.4 Å². The number of aromatic amines is 2. The minimum atomic E-state index is -1.38. The fraction of sp³-hybridized carbons (Fsp3) is 0.238. The second-order valence-corrected chi connectivity index (χ2v) is 7.13. The molecule has 5 heterocycles. The molecule has 4 aromatic heterocycles. The van der Waals surface area contributed by atoms with Crippen LogP contribution in [0.25, 0.3) is 22.1 Å². The zero-order chi connectivity index (χ0) is 26.2. The van der Waals surface area contributed by atoms with Gasteiger partial charge in [0.15, 0.2) is 0 Å². The van der Waals surface area contributed by atoms with Crippen LogP contribution in [0, 0.1) is 20.2 Å². The van der Waals surface area contributed by atoms with Gasteiger partial charge in [-0.05, 0) is 37.1 Å². The zero-order valence-electron chi connectivity index (χ0n) is 18.8. The Bertz CT molecular complexity index is 1420. The van der Waals surface area contributed by atoms with E-state index in [2.05, 4.69) is 24.7 Å². The van der Waals surface area contributed by atoms with E-state index < -0.39 is 33.2 Å². The van der Waals surface area contributed by atoms with Gasteiger partial charge in [-0.2, -0.15) is 0 Å². The Kier molecular flexibility index (Phi) is 8.19. The molecule has 1 saturated heterocycles. The fourth-order valence-corrected chi connectivity index (χ4v) is 3.31. The van der Waals surface area contributed by atoms with Crippen molar-refractivity contribution >= 4 is 45.4 Å². The summed E-state index contributed by atoms with van der Waals surface area (Å²) in [6, 6.07) is 6.03. The molecule has 3 N–H and O–H groups in total. The lowest BCUT2D eigenvalue weighted by Gasteiger charge is -1.94. The van der Waals surface area contributed by atoms with Crippen LogP contribution in [-0.4, -0.2) is 67.2 Å². The lowest BCUT2D eigenvalue weighted by molar-refractivity contribution is -0.383. The topological polar surface area (TPSA) is 216 Å². The molecular weight excluding hydrogens is 480 g/mol. The van der Waals surface area contributed by atoms with Gasteiger partial charge < -0.3 is 24.5 Å². The van der Waals surface area contributed by atoms with Gasteiger partial charge in [-0.15, -0.1) is 0 Å². The van der Waals surface area contributed by atoms with E-state index in [-0.39, 0.29) is 33.4 Å². The van der Waals surface area contributed by atoms with Crippen LogP contribution < -0.4 is 0 Å². The summed E-state index contributed by atoms with van der Waals surface area (Å²) in [4.78, 5) is 54.9. The maximum absolute atomic E-state index is 11.3. The van der Waals surface area contributed by atoms with Crippen LogP contribution in [0.4, 0.5) is 11.4 Å². The summed E-state index contributed by atoms with van der Waals surface area (Å²) in [7, 11) is 1.16. The van der Waals surface area contributed by atoms with Crippen LogP contribution in [0.2, 0.25) is 0 Å². The number of carboxylic acids is 1. The van der Waals surface area contributed by atoms with Crippen molar-refractivity contribution in [2.45, 2.75) is 12.8 Å². The number of hydrogen-bond acceptors (Lipinski definition) is 10. The highest BCUT2D eigenvalue weighted by atomic mass is 16.6. The lowest BCUT2D eigenvalue weighted by atomic mass is 10.2. The molecule has 0 spiro atoms. The Morgan fingerprint density at radius 2 is 1.42 bits per heavy atom. The summed E-state index contributed by atoms with van der Waals surface area (Å²) >= 11 is 0. The Hall–Kier alpha value is -4.92. The number of esters is 1. The number of carbonyl (C=O) groups is 2. The number of carbonyl (C=O) groups excluding carboxylic acids is 1. The second kappa shape index (κ2) is 11.5. The number of methoxy groups -OCH3 is 1. The number of hydrogen-bond donors (Lipinski definition) is 3. The molecule has 5 rings (SSSR count). The molecule has 0 aliphatic carbocycles. The highest BCUT2D eigenvalue weighted by Gasteiger charge is 2.28. The van der Waals surface area contributed by atoms with E-state index in [9.17, 15) is 29.8 Å². The van der Waals surface area contributed by atoms with Crippen LogP contribution in [0.3, 0.4) is 0 Å². The first-order chi connectivity index (χ1) is 17.3. The Labute approximate surface area is 201 Å². The average Bonchev–Trinajstić information content (AvgIpc) is 3.62. The minimum absolute atomic E-state index is 0.193. The Morgan fingerprint density at radius 1 is 0.944 bits per heavy atom. The minimum Gasteiger partial charge on any atom is -0.476 e. The van der Waals surface area contributed by atoms with Crippen molar-refractivity contribution < 1.29 is 34.0 Å². The highest BCUT2D eigenvalue weighted by Crippen LogP contribution is 2.29. The van der Waals surface area contributed by atoms with Gasteiger partial charge in [0.25, 0.3) is 0 Å². The van der Waals surface area contributed by atoms with Gasteiger partial charge in [-0.25, -0.2) is 19.6 Å². The number of aromatic carboxylic acids is 1. The number of H-pyrrole nitrogens is 2. The van der Waals surface area contributed by atoms with Crippen LogP contribution in [-0.2, 0) is 9.47 Å². The number of fused-ring (bicyclic) bond motifs is 2. The standard InChI is InChI=1S/C9H7N3O4.C8H5N3O4.C4H8O/c1-16-9(13)6-7(12(14)15)5-3-2-4-10-8(5)11-6;12-8(13)5-6(11(14)15)4-2-1-3-9-7(4)10-5;1-2-4-5-3-1/h2-4H,1H3,(H,10,11);1-3H,(H,9,10)(H,12,13);1-4H2. The summed E-state index contributed by atoms with van der Waals surface area (Å²) in [5, 5.41) is 30.8. The van der Waals surface area contributed by atoms with Crippen LogP contribution in [0.15, 0.2) is 36.7 Å². The molecule has 0 bridgehead atoms. The summed E-state index contributed by atoms with van der Waals surface area (Å²) in [5.74, 6) is -2.16. The molecule has 15 nitrogen and oxygen atoms in total. The summed E-state index contributed by atoms with van der Waals surface area (Å²) < 4.78 is 9.40. The van der Waals surface area contributed by atoms with E-state index in [1.54, 1.807) is 6.07 Å². The van der Waals surface area contributed by atoms with Crippen molar-refractivity contribution in [1.82, 2.24) is 19.9 Å². The smallest absolute Gasteiger partial charge is 0.361 e. The van der Waals surface area contributed by atoms with Crippen molar-refractivity contribution in [1.29, 1.82) is 0 Å². The zero-order valence-corrected chi connectivity index (χ0v) is 18.8. The van der Waals surface area contributed by atoms with E-state index >= 15 is 0 Å². The molecule has 0 saturated carbocycles. The average molecular weight is 500 g/mol. The number of rotatable bonds is 4. The number of carboxylic acid groups (broad SMARTS) is 1. The normalized spacial score (nSPS) is 12.2. The number of nitrogens with zero attached hydrogens (tertiary/aromatic N) is 4. The molecule has 36 heavy (non-hydrogen) atoms. The molecule has 4 aromatic rings. The predicted octanol–water partition coefficient (Wildman–Crippen LogP) is 3.22. The van der Waals surface area contributed by atoms with Gasteiger partial charge >= 0.3 is 23.3 Å². The van der Waals surface area contributed by atoms with Crippen LogP contribution in [0.5, 0.6) is 0 Å². The van der Waals surface area contributed by atoms with Crippen molar-refractivity contribution in [3.8, 4) is 0 Å². The number of nitro groups is 2. The quantitative estimate of drug-likeness (QED) is 0.210. The lowest BCUT2D eigenvalue weighted by Crippen LogP contribution is -2.04. The van der Waals surface area contributed by atoms with Gasteiger partial charge in [0, 0.05) is 25.6 Å². The van der Waals surface area contributed by atoms with Gasteiger partial charge in [-0.3, -0.25) is 20.2 Å². The molecule has 0 unspecified atom stereocenters. The van der Waals surface area contributed by atoms with Crippen LogP contribution in [0.1, 0.15) is 33.8 Å². The maximum atomic E-state index is 11.3. The molecule has 0 radical (unpaired) electrons. The van der Waals surface area contributed by atoms with E-state index in [1.807, 2.05) is 0 Å². The molecular formula is C21H20N6O9. The summed E-state index contributed by atoms with van der Waals surface area (Å²) in [5.41, 5.74) is -0.924. The maximum Gasteiger partial charge on any atom is 0.361 e. The van der Waals surface area contributed by atoms with E-state index in [0.29, 0.717) is 0 Å². The fourth-order valence-electron chi connectivity index (χ4n) is 3.31. The van der Waals surface area contributed by atoms with Gasteiger partial charge in [0.1, 0.15) is 11.3 Å². The Morgan fingerprint density at radius 3 is 1.81 bits per heavy atom. The third-order valence-electron chi connectivity index (χ3n) is 4.88. The predicted molar refractivity (Wildman–Crippen MR) is 124 cm³/mol. The van der Waals surface area contributed by atoms with Crippen molar-refractivity contribution in [3.05, 3.63) is 68.3 Å². The van der Waals surface area contributed by atoms with Crippen molar-refractivity contribution in [2.24, 2.45) is 0 Å². The van der Waals surface area contributed by atoms with Crippen LogP contribution >= 0.6 is 0 Å². The van der Waals surface area contributed by atoms with Crippen molar-refractivity contribution in [3.63, 3.8) is 0 Å². The number of nitrogens with one attached hydrogen (secondary N) is 2. The largest absolute Gasteiger partial charge is 0.476 e. The van der Waals surface area contributed by atoms with E-state index in [0.717, 1.165) is 20.3 Å². The number of pyridine rings is 2.